The summed E-state index contributed by atoms with van der Waals surface area (Å²) >= 11 is 0. The molecule has 2 rings (SSSR count). The average Bonchev–Trinajstić information content (AvgIpc) is 2.47. The van der Waals surface area contributed by atoms with Gasteiger partial charge in [-0.25, -0.2) is 8.78 Å². The van der Waals surface area contributed by atoms with Crippen LogP contribution >= 0.6 is 0 Å². The van der Waals surface area contributed by atoms with Crippen LogP contribution in [0.5, 0.6) is 11.5 Å². The van der Waals surface area contributed by atoms with Crippen LogP contribution < -0.4 is 15.2 Å². The van der Waals surface area contributed by atoms with Crippen molar-refractivity contribution in [2.75, 3.05) is 7.11 Å². The lowest BCUT2D eigenvalue weighted by Crippen LogP contribution is -2.29. The predicted molar refractivity (Wildman–Crippen MR) is 76.4 cm³/mol. The van der Waals surface area contributed by atoms with Crippen molar-refractivity contribution in [3.63, 3.8) is 0 Å². The molecular formula is C16H17F2NO2. The number of nitrogens with two attached hydrogens (primary N) is 1. The van der Waals surface area contributed by atoms with Gasteiger partial charge in [-0.05, 0) is 36.8 Å². The smallest absolute Gasteiger partial charge is 0.165 e. The van der Waals surface area contributed by atoms with E-state index in [4.69, 9.17) is 15.2 Å². The quantitative estimate of drug-likeness (QED) is 0.918. The van der Waals surface area contributed by atoms with Crippen LogP contribution in [0.1, 0.15) is 18.6 Å². The van der Waals surface area contributed by atoms with Crippen molar-refractivity contribution < 1.29 is 18.3 Å². The Labute approximate surface area is 122 Å². The second-order valence-electron chi connectivity index (χ2n) is 4.75. The van der Waals surface area contributed by atoms with Crippen molar-refractivity contribution in [2.24, 2.45) is 5.73 Å². The summed E-state index contributed by atoms with van der Waals surface area (Å²) in [6, 6.07) is 9.77. The average molecular weight is 293 g/mol. The maximum atomic E-state index is 13.7. The number of halogens is 2. The van der Waals surface area contributed by atoms with E-state index in [1.807, 2.05) is 0 Å². The third-order valence-electron chi connectivity index (χ3n) is 3.05. The predicted octanol–water partition coefficient (Wildman–Crippen LogP) is 3.44. The van der Waals surface area contributed by atoms with E-state index in [-0.39, 0.29) is 5.75 Å². The fraction of sp³-hybridized carbons (Fsp3) is 0.250. The second kappa shape index (κ2) is 6.54. The Morgan fingerprint density at radius 2 is 1.86 bits per heavy atom. The summed E-state index contributed by atoms with van der Waals surface area (Å²) in [5, 5.41) is 0. The highest BCUT2D eigenvalue weighted by atomic mass is 19.1. The summed E-state index contributed by atoms with van der Waals surface area (Å²) in [7, 11) is 1.55. The largest absolute Gasteiger partial charge is 0.497 e. The van der Waals surface area contributed by atoms with E-state index in [1.54, 1.807) is 38.3 Å². The first-order valence-electron chi connectivity index (χ1n) is 6.52. The lowest BCUT2D eigenvalue weighted by Gasteiger charge is -2.23. The van der Waals surface area contributed by atoms with Gasteiger partial charge < -0.3 is 15.2 Å². The fourth-order valence-corrected chi connectivity index (χ4v) is 2.00. The van der Waals surface area contributed by atoms with Crippen molar-refractivity contribution in [3.8, 4) is 11.5 Å². The van der Waals surface area contributed by atoms with E-state index in [2.05, 4.69) is 0 Å². The van der Waals surface area contributed by atoms with Gasteiger partial charge in [-0.15, -0.1) is 0 Å². The molecule has 21 heavy (non-hydrogen) atoms. The Bertz CT molecular complexity index is 617. The molecule has 0 saturated carbocycles. The Hall–Kier alpha value is -2.14. The molecule has 0 radical (unpaired) electrons. The van der Waals surface area contributed by atoms with Gasteiger partial charge in [0.15, 0.2) is 11.6 Å². The third-order valence-corrected chi connectivity index (χ3v) is 3.05. The molecule has 2 N–H and O–H groups in total. The number of benzene rings is 2. The molecule has 0 amide bonds. The van der Waals surface area contributed by atoms with Crippen molar-refractivity contribution in [1.82, 2.24) is 0 Å². The normalized spacial score (nSPS) is 13.6. The molecule has 112 valence electrons. The van der Waals surface area contributed by atoms with Crippen LogP contribution in [0.4, 0.5) is 8.78 Å². The Morgan fingerprint density at radius 3 is 2.52 bits per heavy atom. The highest BCUT2D eigenvalue weighted by Crippen LogP contribution is 2.28. The van der Waals surface area contributed by atoms with Gasteiger partial charge in [0.25, 0.3) is 0 Å². The van der Waals surface area contributed by atoms with E-state index in [1.165, 1.54) is 0 Å². The van der Waals surface area contributed by atoms with E-state index in [0.717, 1.165) is 23.8 Å². The first kappa shape index (κ1) is 15.3. The van der Waals surface area contributed by atoms with Gasteiger partial charge in [0.2, 0.25) is 0 Å². The number of methoxy groups -OCH3 is 1. The van der Waals surface area contributed by atoms with E-state index < -0.39 is 23.8 Å². The zero-order valence-electron chi connectivity index (χ0n) is 11.8. The van der Waals surface area contributed by atoms with Gasteiger partial charge in [0.1, 0.15) is 17.7 Å². The molecule has 5 heteroatoms. The van der Waals surface area contributed by atoms with Crippen LogP contribution in [0.2, 0.25) is 0 Å². The van der Waals surface area contributed by atoms with E-state index in [0.29, 0.717) is 5.75 Å². The van der Waals surface area contributed by atoms with Crippen molar-refractivity contribution in [2.45, 2.75) is 19.1 Å². The van der Waals surface area contributed by atoms with Gasteiger partial charge in [-0.2, -0.15) is 0 Å². The van der Waals surface area contributed by atoms with Gasteiger partial charge in [0, 0.05) is 12.1 Å². The third kappa shape index (κ3) is 3.70. The standard InChI is InChI=1S/C16H17F2NO2/c1-10(19)16(11-4-3-5-13(8-11)20-2)21-15-9-12(17)6-7-14(15)18/h3-10,16H,19H2,1-2H3. The minimum atomic E-state index is -0.634. The van der Waals surface area contributed by atoms with Gasteiger partial charge in [0.05, 0.1) is 7.11 Å². The summed E-state index contributed by atoms with van der Waals surface area (Å²) in [6.07, 6.45) is -0.614. The zero-order valence-corrected chi connectivity index (χ0v) is 11.8. The molecule has 0 aliphatic rings. The molecule has 2 atom stereocenters. The maximum absolute atomic E-state index is 13.7. The minimum absolute atomic E-state index is 0.167. The number of hydrogen-bond acceptors (Lipinski definition) is 3. The fourth-order valence-electron chi connectivity index (χ4n) is 2.00. The lowest BCUT2D eigenvalue weighted by atomic mass is 10.0. The van der Waals surface area contributed by atoms with Crippen molar-refractivity contribution in [1.29, 1.82) is 0 Å². The molecule has 0 heterocycles. The van der Waals surface area contributed by atoms with Crippen LogP contribution in [0, 0.1) is 11.6 Å². The molecule has 0 fully saturated rings. The summed E-state index contributed by atoms with van der Waals surface area (Å²) in [6.45, 7) is 1.74. The van der Waals surface area contributed by atoms with Crippen LogP contribution in [0.25, 0.3) is 0 Å². The topological polar surface area (TPSA) is 44.5 Å². The monoisotopic (exact) mass is 293 g/mol. The Kier molecular flexibility index (Phi) is 4.75. The molecule has 0 aliphatic heterocycles. The first-order chi connectivity index (χ1) is 10.0. The summed E-state index contributed by atoms with van der Waals surface area (Å²) in [4.78, 5) is 0. The van der Waals surface area contributed by atoms with Crippen molar-refractivity contribution in [3.05, 3.63) is 59.7 Å². The van der Waals surface area contributed by atoms with Gasteiger partial charge >= 0.3 is 0 Å². The highest BCUT2D eigenvalue weighted by molar-refractivity contribution is 5.32. The molecule has 0 bridgehead atoms. The minimum Gasteiger partial charge on any atom is -0.497 e. The molecular weight excluding hydrogens is 276 g/mol. The Balaban J connectivity index is 2.33. The van der Waals surface area contributed by atoms with Crippen LogP contribution in [-0.2, 0) is 0 Å². The molecule has 3 nitrogen and oxygen atoms in total. The molecule has 2 aromatic carbocycles. The first-order valence-corrected chi connectivity index (χ1v) is 6.52. The lowest BCUT2D eigenvalue weighted by molar-refractivity contribution is 0.171. The summed E-state index contributed by atoms with van der Waals surface area (Å²) in [5.74, 6) is -0.730. The van der Waals surface area contributed by atoms with Crippen LogP contribution in [0.15, 0.2) is 42.5 Å². The molecule has 0 aromatic heterocycles. The molecule has 2 unspecified atom stereocenters. The molecule has 0 saturated heterocycles. The second-order valence-corrected chi connectivity index (χ2v) is 4.75. The molecule has 2 aromatic rings. The van der Waals surface area contributed by atoms with Gasteiger partial charge in [-0.3, -0.25) is 0 Å². The number of rotatable bonds is 5. The summed E-state index contributed by atoms with van der Waals surface area (Å²) in [5.41, 5.74) is 6.64. The molecule has 0 aliphatic carbocycles. The maximum Gasteiger partial charge on any atom is 0.165 e. The Morgan fingerprint density at radius 1 is 1.10 bits per heavy atom. The number of ether oxygens (including phenoxy) is 2. The van der Waals surface area contributed by atoms with Gasteiger partial charge in [-0.1, -0.05) is 12.1 Å². The zero-order chi connectivity index (χ0) is 15.4. The summed E-state index contributed by atoms with van der Waals surface area (Å²) < 4.78 is 37.6. The van der Waals surface area contributed by atoms with E-state index in [9.17, 15) is 8.78 Å². The SMILES string of the molecule is COc1cccc(C(Oc2cc(F)ccc2F)C(C)N)c1. The number of hydrogen-bond donors (Lipinski definition) is 1. The van der Waals surface area contributed by atoms with Crippen LogP contribution in [0.3, 0.4) is 0 Å². The van der Waals surface area contributed by atoms with Crippen molar-refractivity contribution >= 4 is 0 Å². The van der Waals surface area contributed by atoms with Crippen LogP contribution in [-0.4, -0.2) is 13.2 Å². The highest BCUT2D eigenvalue weighted by Gasteiger charge is 2.20. The van der Waals surface area contributed by atoms with E-state index >= 15 is 0 Å². The molecule has 0 spiro atoms.